The molecule has 0 aliphatic carbocycles. The molecule has 0 radical (unpaired) electrons. The highest BCUT2D eigenvalue weighted by molar-refractivity contribution is 7.89. The van der Waals surface area contributed by atoms with Crippen LogP contribution in [-0.2, 0) is 16.6 Å². The van der Waals surface area contributed by atoms with E-state index >= 15 is 0 Å². The highest BCUT2D eigenvalue weighted by atomic mass is 32.2. The van der Waals surface area contributed by atoms with Gasteiger partial charge >= 0.3 is 0 Å². The predicted octanol–water partition coefficient (Wildman–Crippen LogP) is 6.44. The molecule has 1 aliphatic rings. The lowest BCUT2D eigenvalue weighted by Gasteiger charge is -2.22. The fourth-order valence-electron chi connectivity index (χ4n) is 4.60. The summed E-state index contributed by atoms with van der Waals surface area (Å²) in [6.07, 6.45) is 1.76. The summed E-state index contributed by atoms with van der Waals surface area (Å²) in [4.78, 5) is 14.0. The van der Waals surface area contributed by atoms with E-state index in [1.54, 1.807) is 42.5 Å². The lowest BCUT2D eigenvalue weighted by atomic mass is 9.87. The molecule has 0 fully saturated rings. The third-order valence-electron chi connectivity index (χ3n) is 6.56. The third kappa shape index (κ3) is 4.55. The maximum absolute atomic E-state index is 13.8. The highest BCUT2D eigenvalue weighted by Crippen LogP contribution is 2.36. The Morgan fingerprint density at radius 3 is 2.14 bits per heavy atom. The molecule has 4 nitrogen and oxygen atoms in total. The Balaban J connectivity index is 1.72. The number of sulfonamides is 1. The van der Waals surface area contributed by atoms with Crippen LogP contribution in [0.4, 0.5) is 0 Å². The van der Waals surface area contributed by atoms with Gasteiger partial charge in [0.15, 0.2) is 5.78 Å². The van der Waals surface area contributed by atoms with Crippen molar-refractivity contribution >= 4 is 21.4 Å². The van der Waals surface area contributed by atoms with Gasteiger partial charge in [0.05, 0.1) is 4.90 Å². The number of hydrogen-bond acceptors (Lipinski definition) is 3. The summed E-state index contributed by atoms with van der Waals surface area (Å²) in [6, 6.07) is 29.9. The molecule has 4 aromatic carbocycles. The van der Waals surface area contributed by atoms with Crippen molar-refractivity contribution in [2.45, 2.75) is 25.3 Å². The molecule has 0 aromatic heterocycles. The fraction of sp³-hybridized carbons (Fsp3) is 0.129. The van der Waals surface area contributed by atoms with Crippen molar-refractivity contribution in [3.05, 3.63) is 131 Å². The highest BCUT2D eigenvalue weighted by Gasteiger charge is 2.28. The number of hydrogen-bond donors (Lipinski definition) is 0. The summed E-state index contributed by atoms with van der Waals surface area (Å²) in [7, 11) is -3.81. The summed E-state index contributed by atoms with van der Waals surface area (Å²) in [6.45, 7) is 4.22. The van der Waals surface area contributed by atoms with Crippen molar-refractivity contribution in [1.29, 1.82) is 0 Å². The molecular formula is C31H27NO3S. The van der Waals surface area contributed by atoms with Crippen molar-refractivity contribution in [3.8, 4) is 11.1 Å². The van der Waals surface area contributed by atoms with E-state index in [2.05, 4.69) is 6.07 Å². The average molecular weight is 494 g/mol. The Hall–Kier alpha value is -3.80. The van der Waals surface area contributed by atoms with Gasteiger partial charge in [-0.3, -0.25) is 4.79 Å². The third-order valence-corrected chi connectivity index (χ3v) is 8.38. The van der Waals surface area contributed by atoms with Gasteiger partial charge in [-0.15, -0.1) is 0 Å². The van der Waals surface area contributed by atoms with Crippen molar-refractivity contribution in [2.24, 2.45) is 0 Å². The molecule has 0 N–H and O–H groups in total. The van der Waals surface area contributed by atoms with Crippen molar-refractivity contribution in [2.75, 3.05) is 6.54 Å². The SMILES string of the molecule is Cc1ccc(S(=O)(=O)N2C/C=C(/C(=O)c3ccccc3)c3ccc(C)cc3-c3ccccc3C2)cc1. The van der Waals surface area contributed by atoms with E-state index in [4.69, 9.17) is 0 Å². The number of carbonyl (C=O) groups is 1. The molecule has 0 spiro atoms. The number of allylic oxidation sites excluding steroid dienone is 1. The van der Waals surface area contributed by atoms with E-state index in [0.717, 1.165) is 33.4 Å². The number of aryl methyl sites for hydroxylation is 2. The first-order valence-electron chi connectivity index (χ1n) is 11.9. The van der Waals surface area contributed by atoms with Crippen LogP contribution < -0.4 is 0 Å². The molecular weight excluding hydrogens is 466 g/mol. The summed E-state index contributed by atoms with van der Waals surface area (Å²) in [5, 5.41) is 0. The fourth-order valence-corrected chi connectivity index (χ4v) is 5.95. The number of benzene rings is 4. The van der Waals surface area contributed by atoms with E-state index in [1.807, 2.05) is 68.4 Å². The molecule has 0 unspecified atom stereocenters. The second kappa shape index (κ2) is 9.69. The maximum Gasteiger partial charge on any atom is 0.243 e. The van der Waals surface area contributed by atoms with E-state index in [0.29, 0.717) is 11.1 Å². The van der Waals surface area contributed by atoms with E-state index in [-0.39, 0.29) is 23.8 Å². The van der Waals surface area contributed by atoms with Crippen molar-refractivity contribution in [3.63, 3.8) is 0 Å². The number of nitrogens with zero attached hydrogens (tertiary/aromatic N) is 1. The van der Waals surface area contributed by atoms with Crippen molar-refractivity contribution < 1.29 is 13.2 Å². The molecule has 5 rings (SSSR count). The zero-order valence-electron chi connectivity index (χ0n) is 20.3. The Bertz CT molecular complexity index is 1570. The van der Waals surface area contributed by atoms with Crippen LogP contribution in [0, 0.1) is 13.8 Å². The molecule has 36 heavy (non-hydrogen) atoms. The first kappa shape index (κ1) is 23.9. The minimum Gasteiger partial charge on any atom is -0.289 e. The Morgan fingerprint density at radius 2 is 1.39 bits per heavy atom. The van der Waals surface area contributed by atoms with Gasteiger partial charge in [0.2, 0.25) is 10.0 Å². The number of fused-ring (bicyclic) bond motifs is 3. The zero-order chi connectivity index (χ0) is 25.3. The minimum atomic E-state index is -3.81. The summed E-state index contributed by atoms with van der Waals surface area (Å²) in [5.41, 5.74) is 6.67. The number of ketones is 1. The van der Waals surface area contributed by atoms with Gasteiger partial charge in [0.1, 0.15) is 0 Å². The van der Waals surface area contributed by atoms with Crippen LogP contribution in [0.5, 0.6) is 0 Å². The normalized spacial score (nSPS) is 15.4. The Morgan fingerprint density at radius 1 is 0.722 bits per heavy atom. The molecule has 0 bridgehead atoms. The molecule has 1 heterocycles. The predicted molar refractivity (Wildman–Crippen MR) is 144 cm³/mol. The molecule has 0 amide bonds. The number of rotatable bonds is 4. The van der Waals surface area contributed by atoms with Gasteiger partial charge < -0.3 is 0 Å². The topological polar surface area (TPSA) is 54.5 Å². The number of carbonyl (C=O) groups excluding carboxylic acids is 1. The molecule has 1 aliphatic heterocycles. The van der Waals surface area contributed by atoms with Gasteiger partial charge in [-0.2, -0.15) is 4.31 Å². The van der Waals surface area contributed by atoms with Crippen LogP contribution in [0.1, 0.15) is 32.6 Å². The summed E-state index contributed by atoms with van der Waals surface area (Å²) >= 11 is 0. The molecule has 0 saturated heterocycles. The monoisotopic (exact) mass is 493 g/mol. The second-order valence-electron chi connectivity index (χ2n) is 9.13. The first-order chi connectivity index (χ1) is 17.3. The lowest BCUT2D eigenvalue weighted by molar-refractivity contribution is 0.105. The van der Waals surface area contributed by atoms with Crippen LogP contribution >= 0.6 is 0 Å². The molecule has 180 valence electrons. The van der Waals surface area contributed by atoms with Gasteiger partial charge in [-0.05, 0) is 48.2 Å². The van der Waals surface area contributed by atoms with Gasteiger partial charge in [0.25, 0.3) is 0 Å². The second-order valence-corrected chi connectivity index (χ2v) is 11.1. The smallest absolute Gasteiger partial charge is 0.243 e. The summed E-state index contributed by atoms with van der Waals surface area (Å²) < 4.78 is 29.0. The Kier molecular flexibility index (Phi) is 6.44. The lowest BCUT2D eigenvalue weighted by Crippen LogP contribution is -2.31. The van der Waals surface area contributed by atoms with Gasteiger partial charge in [-0.1, -0.05) is 102 Å². The molecule has 0 saturated carbocycles. The standard InChI is InChI=1S/C31H27NO3S/c1-22-12-15-26(16-13-22)36(34,35)32-19-18-29(31(33)24-8-4-3-5-9-24)28-17-14-23(2)20-30(28)27-11-7-6-10-25(27)21-32/h3-18,20H,19,21H2,1-2H3/b29-18+. The van der Waals surface area contributed by atoms with Crippen LogP contribution in [0.3, 0.4) is 0 Å². The largest absolute Gasteiger partial charge is 0.289 e. The van der Waals surface area contributed by atoms with Crippen LogP contribution in [0.15, 0.2) is 108 Å². The van der Waals surface area contributed by atoms with Crippen molar-refractivity contribution in [1.82, 2.24) is 4.31 Å². The minimum absolute atomic E-state index is 0.0752. The zero-order valence-corrected chi connectivity index (χ0v) is 21.1. The summed E-state index contributed by atoms with van der Waals surface area (Å²) in [5.74, 6) is -0.132. The van der Waals surface area contributed by atoms with Gasteiger partial charge in [-0.25, -0.2) is 8.42 Å². The molecule has 4 aromatic rings. The Labute approximate surface area is 212 Å². The first-order valence-corrected chi connectivity index (χ1v) is 13.3. The van der Waals surface area contributed by atoms with E-state index in [1.165, 1.54) is 4.31 Å². The number of Topliss-reactive ketones (excluding diaryl/α,β-unsaturated/α-hetero) is 1. The maximum atomic E-state index is 13.8. The quantitative estimate of drug-likeness (QED) is 0.307. The van der Waals surface area contributed by atoms with Crippen LogP contribution in [-0.4, -0.2) is 25.1 Å². The van der Waals surface area contributed by atoms with E-state index in [9.17, 15) is 13.2 Å². The van der Waals surface area contributed by atoms with Crippen LogP contribution in [0.2, 0.25) is 0 Å². The van der Waals surface area contributed by atoms with Gasteiger partial charge in [0, 0.05) is 24.2 Å². The average Bonchev–Trinajstić information content (AvgIpc) is 2.96. The van der Waals surface area contributed by atoms with Crippen LogP contribution in [0.25, 0.3) is 16.7 Å². The van der Waals surface area contributed by atoms with E-state index < -0.39 is 10.0 Å². The molecule has 0 atom stereocenters. The molecule has 5 heteroatoms.